The third kappa shape index (κ3) is 6.40. The lowest BCUT2D eigenvalue weighted by Crippen LogP contribution is -2.38. The molecule has 3 heterocycles. The maximum absolute atomic E-state index is 13.5. The highest BCUT2D eigenvalue weighted by atomic mass is 32.1. The predicted molar refractivity (Wildman–Crippen MR) is 135 cm³/mol. The molecule has 0 aromatic carbocycles. The Morgan fingerprint density at radius 1 is 1.27 bits per heavy atom. The minimum atomic E-state index is -4.38. The van der Waals surface area contributed by atoms with Crippen LogP contribution in [0.2, 0.25) is 0 Å². The van der Waals surface area contributed by atoms with Crippen molar-refractivity contribution < 1.29 is 27.9 Å². The number of halogens is 3. The number of aliphatic hydroxyl groups is 1. The molecule has 4 rings (SSSR count). The van der Waals surface area contributed by atoms with Gasteiger partial charge in [0.2, 0.25) is 0 Å². The molecule has 0 radical (unpaired) electrons. The minimum absolute atomic E-state index is 0.00446. The van der Waals surface area contributed by atoms with Crippen molar-refractivity contribution >= 4 is 29.0 Å². The molecule has 37 heavy (non-hydrogen) atoms. The van der Waals surface area contributed by atoms with Gasteiger partial charge in [-0.15, -0.1) is 11.3 Å². The summed E-state index contributed by atoms with van der Waals surface area (Å²) in [5, 5.41) is 15.2. The Morgan fingerprint density at radius 2 is 1.97 bits per heavy atom. The van der Waals surface area contributed by atoms with Gasteiger partial charge in [-0.1, -0.05) is 0 Å². The van der Waals surface area contributed by atoms with E-state index in [1.807, 2.05) is 6.92 Å². The van der Waals surface area contributed by atoms with Gasteiger partial charge in [-0.25, -0.2) is 9.97 Å². The van der Waals surface area contributed by atoms with E-state index in [9.17, 15) is 27.9 Å². The molecule has 1 unspecified atom stereocenters. The van der Waals surface area contributed by atoms with E-state index in [0.717, 1.165) is 24.2 Å². The standard InChI is InChI=1S/C25H32F3N5O3S/c1-13-10-17(31-20(15-7-8-15)25(26,27)28)29-11-16(13)19-18(23(35)33-9-5-6-14(33)2)32-22(37-19)21(34)30-12-24(3,4)36/h10-11,14-15,20,36H,5-9,12H2,1-4H3,(H,29,31)(H,30,34)/t14-,20?/m0/s1. The molecule has 0 bridgehead atoms. The fourth-order valence-corrected chi connectivity index (χ4v) is 5.46. The Kier molecular flexibility index (Phi) is 7.53. The average molecular weight is 540 g/mol. The Labute approximate surface area is 217 Å². The van der Waals surface area contributed by atoms with E-state index >= 15 is 0 Å². The molecule has 1 saturated carbocycles. The van der Waals surface area contributed by atoms with Crippen LogP contribution in [0, 0.1) is 12.8 Å². The lowest BCUT2D eigenvalue weighted by atomic mass is 10.1. The lowest BCUT2D eigenvalue weighted by Gasteiger charge is -2.22. The van der Waals surface area contributed by atoms with E-state index < -0.39 is 29.6 Å². The molecule has 2 fully saturated rings. The Balaban J connectivity index is 1.66. The van der Waals surface area contributed by atoms with E-state index in [1.54, 1.807) is 25.7 Å². The molecule has 0 spiro atoms. The van der Waals surface area contributed by atoms with Gasteiger partial charge < -0.3 is 20.6 Å². The first-order valence-corrected chi connectivity index (χ1v) is 13.2. The Bertz CT molecular complexity index is 1170. The van der Waals surface area contributed by atoms with Crippen molar-refractivity contribution in [3.05, 3.63) is 28.5 Å². The second-order valence-corrected chi connectivity index (χ2v) is 11.6. The zero-order valence-corrected chi connectivity index (χ0v) is 22.1. The quantitative estimate of drug-likeness (QED) is 0.459. The summed E-state index contributed by atoms with van der Waals surface area (Å²) in [4.78, 5) is 37.0. The van der Waals surface area contributed by atoms with Crippen molar-refractivity contribution in [2.75, 3.05) is 18.4 Å². The average Bonchev–Trinajstić information content (AvgIpc) is 3.38. The van der Waals surface area contributed by atoms with Gasteiger partial charge in [0, 0.05) is 30.9 Å². The molecular formula is C25H32F3N5O3S. The van der Waals surface area contributed by atoms with Crippen LogP contribution in [0.4, 0.5) is 19.0 Å². The molecule has 1 saturated heterocycles. The molecule has 12 heteroatoms. The van der Waals surface area contributed by atoms with Crippen LogP contribution in [-0.4, -0.2) is 68.7 Å². The first kappa shape index (κ1) is 27.3. The second-order valence-electron chi connectivity index (χ2n) is 10.6. The largest absolute Gasteiger partial charge is 0.408 e. The molecule has 2 aromatic rings. The normalized spacial score (nSPS) is 19.1. The van der Waals surface area contributed by atoms with Crippen LogP contribution in [-0.2, 0) is 0 Å². The van der Waals surface area contributed by atoms with Gasteiger partial charge >= 0.3 is 6.18 Å². The van der Waals surface area contributed by atoms with Gasteiger partial charge in [0.15, 0.2) is 5.01 Å². The van der Waals surface area contributed by atoms with Crippen LogP contribution in [0.3, 0.4) is 0 Å². The predicted octanol–water partition coefficient (Wildman–Crippen LogP) is 4.39. The van der Waals surface area contributed by atoms with Crippen molar-refractivity contribution in [3.63, 3.8) is 0 Å². The number of nitrogens with zero attached hydrogens (tertiary/aromatic N) is 3. The van der Waals surface area contributed by atoms with Crippen molar-refractivity contribution in [1.82, 2.24) is 20.2 Å². The summed E-state index contributed by atoms with van der Waals surface area (Å²) in [5.74, 6) is -1.18. The number of pyridine rings is 1. The third-order valence-corrected chi connectivity index (χ3v) is 7.71. The molecule has 1 aliphatic carbocycles. The fourth-order valence-electron chi connectivity index (χ4n) is 4.42. The maximum atomic E-state index is 13.5. The highest BCUT2D eigenvalue weighted by Crippen LogP contribution is 2.42. The molecule has 1 aliphatic heterocycles. The zero-order valence-electron chi connectivity index (χ0n) is 21.3. The number of thiazole rings is 1. The first-order chi connectivity index (χ1) is 17.2. The number of aryl methyl sites for hydroxylation is 1. The van der Waals surface area contributed by atoms with Crippen LogP contribution in [0.15, 0.2) is 12.3 Å². The van der Waals surface area contributed by atoms with Crippen molar-refractivity contribution in [3.8, 4) is 10.4 Å². The van der Waals surface area contributed by atoms with Crippen LogP contribution in [0.5, 0.6) is 0 Å². The highest BCUT2D eigenvalue weighted by Gasteiger charge is 2.49. The van der Waals surface area contributed by atoms with Crippen molar-refractivity contribution in [2.45, 2.75) is 77.2 Å². The highest BCUT2D eigenvalue weighted by molar-refractivity contribution is 7.17. The molecule has 2 aromatic heterocycles. The van der Waals surface area contributed by atoms with Gasteiger partial charge in [0.1, 0.15) is 17.6 Å². The number of hydrogen-bond acceptors (Lipinski definition) is 7. The van der Waals surface area contributed by atoms with E-state index in [0.29, 0.717) is 35.4 Å². The zero-order chi connectivity index (χ0) is 27.1. The molecule has 8 nitrogen and oxygen atoms in total. The molecule has 202 valence electrons. The number of likely N-dealkylation sites (tertiary alicyclic amines) is 1. The first-order valence-electron chi connectivity index (χ1n) is 12.4. The topological polar surface area (TPSA) is 107 Å². The summed E-state index contributed by atoms with van der Waals surface area (Å²) in [7, 11) is 0. The number of aromatic nitrogens is 2. The number of nitrogens with one attached hydrogen (secondary N) is 2. The number of amides is 2. The monoisotopic (exact) mass is 539 g/mol. The van der Waals surface area contributed by atoms with Gasteiger partial charge in [0.05, 0.1) is 10.5 Å². The number of rotatable bonds is 8. The third-order valence-electron chi connectivity index (χ3n) is 6.62. The molecule has 3 N–H and O–H groups in total. The van der Waals surface area contributed by atoms with E-state index in [4.69, 9.17) is 0 Å². The van der Waals surface area contributed by atoms with Gasteiger partial charge in [-0.2, -0.15) is 13.2 Å². The van der Waals surface area contributed by atoms with Crippen LogP contribution < -0.4 is 10.6 Å². The molecular weight excluding hydrogens is 507 g/mol. The second kappa shape index (κ2) is 10.2. The van der Waals surface area contributed by atoms with Gasteiger partial charge in [0.25, 0.3) is 11.8 Å². The fraction of sp³-hybridized carbons (Fsp3) is 0.600. The van der Waals surface area contributed by atoms with E-state index in [2.05, 4.69) is 20.6 Å². The molecule has 2 atom stereocenters. The number of carbonyl (C=O) groups excluding carboxylic acids is 2. The summed E-state index contributed by atoms with van der Waals surface area (Å²) in [5.41, 5.74) is 0.112. The van der Waals surface area contributed by atoms with Crippen LogP contribution >= 0.6 is 11.3 Å². The number of anilines is 1. The number of alkyl halides is 3. The van der Waals surface area contributed by atoms with Crippen LogP contribution in [0.1, 0.15) is 72.3 Å². The summed E-state index contributed by atoms with van der Waals surface area (Å²) >= 11 is 1.02. The lowest BCUT2D eigenvalue weighted by molar-refractivity contribution is -0.146. The Morgan fingerprint density at radius 3 is 2.51 bits per heavy atom. The number of hydrogen-bond donors (Lipinski definition) is 3. The number of carbonyl (C=O) groups is 2. The van der Waals surface area contributed by atoms with Crippen LogP contribution in [0.25, 0.3) is 10.4 Å². The minimum Gasteiger partial charge on any atom is -0.389 e. The molecule has 2 amide bonds. The summed E-state index contributed by atoms with van der Waals surface area (Å²) < 4.78 is 40.5. The summed E-state index contributed by atoms with van der Waals surface area (Å²) in [6.07, 6.45) is -0.180. The van der Waals surface area contributed by atoms with Gasteiger partial charge in [-0.3, -0.25) is 9.59 Å². The molecule has 2 aliphatic rings. The Hall–Kier alpha value is -2.73. The maximum Gasteiger partial charge on any atom is 0.408 e. The summed E-state index contributed by atoms with van der Waals surface area (Å²) in [6.45, 7) is 7.37. The van der Waals surface area contributed by atoms with Crippen molar-refractivity contribution in [2.24, 2.45) is 5.92 Å². The van der Waals surface area contributed by atoms with Gasteiger partial charge in [-0.05, 0) is 70.9 Å². The van der Waals surface area contributed by atoms with E-state index in [1.165, 1.54) is 12.3 Å². The summed E-state index contributed by atoms with van der Waals surface area (Å²) in [6, 6.07) is -0.104. The SMILES string of the molecule is Cc1cc(NC(C2CC2)C(F)(F)F)ncc1-c1sc(C(=O)NCC(C)(C)O)nc1C(=O)N1CCC[C@@H]1C. The smallest absolute Gasteiger partial charge is 0.389 e. The van der Waals surface area contributed by atoms with Crippen molar-refractivity contribution in [1.29, 1.82) is 0 Å². The van der Waals surface area contributed by atoms with E-state index in [-0.39, 0.29) is 35.0 Å².